The van der Waals surface area contributed by atoms with E-state index in [1.165, 1.54) is 0 Å². The fourth-order valence-corrected chi connectivity index (χ4v) is 2.48. The summed E-state index contributed by atoms with van der Waals surface area (Å²) < 4.78 is 0. The van der Waals surface area contributed by atoms with Gasteiger partial charge in [-0.1, -0.05) is 20.3 Å². The molecule has 0 fully saturated rings. The van der Waals surface area contributed by atoms with Crippen molar-refractivity contribution in [3.63, 3.8) is 0 Å². The van der Waals surface area contributed by atoms with Gasteiger partial charge in [-0.3, -0.25) is 0 Å². The molecule has 0 saturated carbocycles. The van der Waals surface area contributed by atoms with Crippen molar-refractivity contribution >= 4 is 11.3 Å². The normalized spacial score (nSPS) is 15.7. The maximum atomic E-state index is 6.29. The van der Waals surface area contributed by atoms with E-state index < -0.39 is 0 Å². The summed E-state index contributed by atoms with van der Waals surface area (Å²) in [6.45, 7) is 6.31. The molecular weight excluding hydrogens is 180 g/mol. The zero-order chi connectivity index (χ0) is 9.90. The van der Waals surface area contributed by atoms with Crippen LogP contribution >= 0.6 is 11.3 Å². The van der Waals surface area contributed by atoms with Gasteiger partial charge in [0.25, 0.3) is 0 Å². The Morgan fingerprint density at radius 2 is 2.23 bits per heavy atom. The Hall–Kier alpha value is -0.410. The molecule has 2 nitrogen and oxygen atoms in total. The van der Waals surface area contributed by atoms with Gasteiger partial charge < -0.3 is 5.73 Å². The Morgan fingerprint density at radius 3 is 2.62 bits per heavy atom. The predicted octanol–water partition coefficient (Wildman–Crippen LogP) is 2.82. The molecule has 3 heteroatoms. The van der Waals surface area contributed by atoms with E-state index in [-0.39, 0.29) is 5.54 Å². The molecule has 0 aliphatic carbocycles. The number of nitrogens with two attached hydrogens (primary N) is 1. The molecule has 0 spiro atoms. The van der Waals surface area contributed by atoms with E-state index in [1.54, 1.807) is 11.3 Å². The first kappa shape index (κ1) is 10.7. The van der Waals surface area contributed by atoms with Crippen LogP contribution in [0.3, 0.4) is 0 Å². The van der Waals surface area contributed by atoms with Crippen molar-refractivity contribution in [3.05, 3.63) is 16.1 Å². The van der Waals surface area contributed by atoms with Gasteiger partial charge in [0.2, 0.25) is 0 Å². The summed E-state index contributed by atoms with van der Waals surface area (Å²) in [6, 6.07) is 0. The summed E-state index contributed by atoms with van der Waals surface area (Å²) in [6.07, 6.45) is 3.10. The van der Waals surface area contributed by atoms with E-state index in [1.807, 2.05) is 6.92 Å². The zero-order valence-electron chi connectivity index (χ0n) is 8.63. The van der Waals surface area contributed by atoms with Gasteiger partial charge in [-0.25, -0.2) is 4.98 Å². The molecule has 0 saturated heterocycles. The summed E-state index contributed by atoms with van der Waals surface area (Å²) in [5.74, 6) is 0. The fourth-order valence-electron chi connectivity index (χ4n) is 1.46. The molecule has 0 aliphatic heterocycles. The first-order chi connectivity index (χ1) is 6.12. The number of rotatable bonds is 4. The molecular formula is C10H18N2S. The highest BCUT2D eigenvalue weighted by Crippen LogP contribution is 2.29. The van der Waals surface area contributed by atoms with E-state index in [9.17, 15) is 0 Å². The zero-order valence-corrected chi connectivity index (χ0v) is 9.45. The topological polar surface area (TPSA) is 38.9 Å². The molecule has 0 amide bonds. The first-order valence-corrected chi connectivity index (χ1v) is 5.72. The number of hydrogen-bond acceptors (Lipinski definition) is 3. The second-order valence-electron chi connectivity index (χ2n) is 3.55. The third-order valence-electron chi connectivity index (χ3n) is 2.37. The fraction of sp³-hybridized carbons (Fsp3) is 0.700. The molecule has 2 N–H and O–H groups in total. The minimum absolute atomic E-state index is 0.187. The monoisotopic (exact) mass is 198 g/mol. The van der Waals surface area contributed by atoms with Gasteiger partial charge in [0, 0.05) is 11.1 Å². The minimum atomic E-state index is -0.187. The van der Waals surface area contributed by atoms with E-state index in [2.05, 4.69) is 24.2 Å². The third kappa shape index (κ3) is 2.29. The van der Waals surface area contributed by atoms with Crippen LogP contribution in [0.2, 0.25) is 0 Å². The van der Waals surface area contributed by atoms with Gasteiger partial charge in [0.1, 0.15) is 5.01 Å². The van der Waals surface area contributed by atoms with Gasteiger partial charge in [0.15, 0.2) is 0 Å². The smallest absolute Gasteiger partial charge is 0.113 e. The number of hydrogen-bond donors (Lipinski definition) is 1. The Morgan fingerprint density at radius 1 is 1.54 bits per heavy atom. The van der Waals surface area contributed by atoms with Crippen LogP contribution in [0.5, 0.6) is 0 Å². The molecule has 0 aromatic carbocycles. The van der Waals surface area contributed by atoms with Gasteiger partial charge >= 0.3 is 0 Å². The second kappa shape index (κ2) is 4.20. The Balaban J connectivity index is 2.88. The van der Waals surface area contributed by atoms with Crippen LogP contribution in [-0.2, 0) is 5.54 Å². The minimum Gasteiger partial charge on any atom is -0.319 e. The van der Waals surface area contributed by atoms with Crippen LogP contribution < -0.4 is 5.73 Å². The maximum absolute atomic E-state index is 6.29. The highest BCUT2D eigenvalue weighted by molar-refractivity contribution is 7.09. The number of aryl methyl sites for hydroxylation is 1. The largest absolute Gasteiger partial charge is 0.319 e. The van der Waals surface area contributed by atoms with Crippen molar-refractivity contribution < 1.29 is 0 Å². The second-order valence-corrected chi connectivity index (χ2v) is 4.41. The average Bonchev–Trinajstić information content (AvgIpc) is 2.52. The van der Waals surface area contributed by atoms with E-state index in [0.717, 1.165) is 30.0 Å². The van der Waals surface area contributed by atoms with Crippen LogP contribution in [0.1, 0.15) is 43.8 Å². The Labute approximate surface area is 84.2 Å². The summed E-state index contributed by atoms with van der Waals surface area (Å²) >= 11 is 1.68. The Kier molecular flexibility index (Phi) is 3.45. The number of aromatic nitrogens is 1. The predicted molar refractivity (Wildman–Crippen MR) is 57.9 cm³/mol. The average molecular weight is 198 g/mol. The maximum Gasteiger partial charge on any atom is 0.113 e. The summed E-state index contributed by atoms with van der Waals surface area (Å²) in [5, 5.41) is 3.16. The highest BCUT2D eigenvalue weighted by Gasteiger charge is 2.27. The SMILES string of the molecule is CCCC(N)(CC)c1nc(C)cs1. The van der Waals surface area contributed by atoms with E-state index in [0.29, 0.717) is 0 Å². The van der Waals surface area contributed by atoms with E-state index >= 15 is 0 Å². The summed E-state index contributed by atoms with van der Waals surface area (Å²) in [4.78, 5) is 4.47. The molecule has 1 atom stereocenters. The highest BCUT2D eigenvalue weighted by atomic mass is 32.1. The molecule has 0 bridgehead atoms. The van der Waals surface area contributed by atoms with Gasteiger partial charge in [-0.05, 0) is 19.8 Å². The lowest BCUT2D eigenvalue weighted by atomic mass is 9.93. The number of thiazole rings is 1. The first-order valence-electron chi connectivity index (χ1n) is 4.84. The van der Waals surface area contributed by atoms with Crippen molar-refractivity contribution in [3.8, 4) is 0 Å². The van der Waals surface area contributed by atoms with Crippen LogP contribution in [-0.4, -0.2) is 4.98 Å². The molecule has 1 rings (SSSR count). The molecule has 1 aromatic heterocycles. The molecule has 1 aromatic rings. The lowest BCUT2D eigenvalue weighted by molar-refractivity contribution is 0.387. The molecule has 1 unspecified atom stereocenters. The van der Waals surface area contributed by atoms with E-state index in [4.69, 9.17) is 5.73 Å². The van der Waals surface area contributed by atoms with Crippen LogP contribution in [0.15, 0.2) is 5.38 Å². The molecule has 1 heterocycles. The van der Waals surface area contributed by atoms with Crippen molar-refractivity contribution in [2.45, 2.75) is 45.6 Å². The molecule has 13 heavy (non-hydrogen) atoms. The quantitative estimate of drug-likeness (QED) is 0.808. The van der Waals surface area contributed by atoms with Crippen LogP contribution in [0.4, 0.5) is 0 Å². The van der Waals surface area contributed by atoms with Crippen molar-refractivity contribution in [1.29, 1.82) is 0 Å². The van der Waals surface area contributed by atoms with Crippen LogP contribution in [0.25, 0.3) is 0 Å². The van der Waals surface area contributed by atoms with Crippen LogP contribution in [0, 0.1) is 6.92 Å². The van der Waals surface area contributed by atoms with Gasteiger partial charge in [0.05, 0.1) is 5.54 Å². The molecule has 74 valence electrons. The molecule has 0 aliphatic rings. The number of nitrogens with zero attached hydrogens (tertiary/aromatic N) is 1. The van der Waals surface area contributed by atoms with Crippen molar-refractivity contribution in [2.24, 2.45) is 5.73 Å². The summed E-state index contributed by atoms with van der Waals surface area (Å²) in [5.41, 5.74) is 7.19. The Bertz CT molecular complexity index is 270. The van der Waals surface area contributed by atoms with Gasteiger partial charge in [-0.2, -0.15) is 0 Å². The van der Waals surface area contributed by atoms with Crippen molar-refractivity contribution in [1.82, 2.24) is 4.98 Å². The third-order valence-corrected chi connectivity index (χ3v) is 3.55. The van der Waals surface area contributed by atoms with Crippen molar-refractivity contribution in [2.75, 3.05) is 0 Å². The summed E-state index contributed by atoms with van der Waals surface area (Å²) in [7, 11) is 0. The standard InChI is InChI=1S/C10H18N2S/c1-4-6-10(11,5-2)9-12-8(3)7-13-9/h7H,4-6,11H2,1-3H3. The molecule has 0 radical (unpaired) electrons. The lowest BCUT2D eigenvalue weighted by Crippen LogP contribution is -2.35. The lowest BCUT2D eigenvalue weighted by Gasteiger charge is -2.24. The van der Waals surface area contributed by atoms with Gasteiger partial charge in [-0.15, -0.1) is 11.3 Å².